The smallest absolute Gasteiger partial charge is 0.120 e. The highest BCUT2D eigenvalue weighted by atomic mass is 16.3. The van der Waals surface area contributed by atoms with Crippen LogP contribution in [0, 0.1) is 18.8 Å². The van der Waals surface area contributed by atoms with Crippen LogP contribution < -0.4 is 5.32 Å². The Morgan fingerprint density at radius 1 is 1.40 bits per heavy atom. The monoisotopic (exact) mass is 276 g/mol. The maximum Gasteiger partial charge on any atom is 0.120 e. The van der Waals surface area contributed by atoms with E-state index in [9.17, 15) is 0 Å². The number of nitrogens with one attached hydrogen (secondary N) is 1. The zero-order valence-electron chi connectivity index (χ0n) is 13.1. The highest BCUT2D eigenvalue weighted by molar-refractivity contribution is 5.20. The van der Waals surface area contributed by atoms with Crippen molar-refractivity contribution in [2.45, 2.75) is 59.2 Å². The SMILES string of the molecule is Cc1cc(CN2CC3CCC2C3)oc1CNCC(C)C. The van der Waals surface area contributed by atoms with Gasteiger partial charge in [0.15, 0.2) is 0 Å². The second kappa shape index (κ2) is 5.90. The molecule has 3 nitrogen and oxygen atoms in total. The van der Waals surface area contributed by atoms with Gasteiger partial charge in [-0.1, -0.05) is 13.8 Å². The standard InChI is InChI=1S/C17H28N2O/c1-12(2)8-18-9-17-13(3)6-16(20-17)11-19-10-14-4-5-15(19)7-14/h6,12,14-15,18H,4-5,7-11H2,1-3H3. The molecule has 2 atom stereocenters. The molecule has 2 unspecified atom stereocenters. The lowest BCUT2D eigenvalue weighted by molar-refractivity contribution is 0.189. The summed E-state index contributed by atoms with van der Waals surface area (Å²) in [6.45, 7) is 10.8. The van der Waals surface area contributed by atoms with Crippen LogP contribution in [0.2, 0.25) is 0 Å². The number of piperidine rings is 1. The topological polar surface area (TPSA) is 28.4 Å². The van der Waals surface area contributed by atoms with E-state index in [1.54, 1.807) is 0 Å². The zero-order valence-corrected chi connectivity index (χ0v) is 13.1. The number of furan rings is 1. The number of hydrogen-bond acceptors (Lipinski definition) is 3. The second-order valence-corrected chi connectivity index (χ2v) is 7.11. The number of aryl methyl sites for hydroxylation is 1. The van der Waals surface area contributed by atoms with Crippen LogP contribution in [0.3, 0.4) is 0 Å². The largest absolute Gasteiger partial charge is 0.463 e. The van der Waals surface area contributed by atoms with Crippen LogP contribution in [0.4, 0.5) is 0 Å². The third-order valence-corrected chi connectivity index (χ3v) is 4.79. The Kier molecular flexibility index (Phi) is 4.18. The second-order valence-electron chi connectivity index (χ2n) is 7.11. The third kappa shape index (κ3) is 3.09. The Bertz CT molecular complexity index is 452. The average molecular weight is 276 g/mol. The molecule has 0 spiro atoms. The minimum Gasteiger partial charge on any atom is -0.463 e. The van der Waals surface area contributed by atoms with Crippen LogP contribution >= 0.6 is 0 Å². The summed E-state index contributed by atoms with van der Waals surface area (Å²) in [6, 6.07) is 3.06. The molecule has 2 aliphatic rings. The first-order valence-electron chi connectivity index (χ1n) is 8.14. The molecule has 1 saturated heterocycles. The fraction of sp³-hybridized carbons (Fsp3) is 0.765. The molecule has 1 aromatic rings. The average Bonchev–Trinajstić information content (AvgIpc) is 3.06. The predicted molar refractivity (Wildman–Crippen MR) is 81.5 cm³/mol. The first-order chi connectivity index (χ1) is 9.61. The van der Waals surface area contributed by atoms with E-state index in [4.69, 9.17) is 4.42 Å². The summed E-state index contributed by atoms with van der Waals surface area (Å²) in [6.07, 6.45) is 4.26. The van der Waals surface area contributed by atoms with Crippen molar-refractivity contribution in [3.8, 4) is 0 Å². The first kappa shape index (κ1) is 14.2. The Hall–Kier alpha value is -0.800. The van der Waals surface area contributed by atoms with Crippen LogP contribution in [0.5, 0.6) is 0 Å². The van der Waals surface area contributed by atoms with Gasteiger partial charge in [0.1, 0.15) is 11.5 Å². The number of nitrogens with zero attached hydrogens (tertiary/aromatic N) is 1. The van der Waals surface area contributed by atoms with Crippen molar-refractivity contribution in [2.24, 2.45) is 11.8 Å². The van der Waals surface area contributed by atoms with Crippen LogP contribution in [-0.2, 0) is 13.1 Å². The van der Waals surface area contributed by atoms with E-state index in [1.165, 1.54) is 31.4 Å². The molecule has 112 valence electrons. The van der Waals surface area contributed by atoms with Gasteiger partial charge in [-0.25, -0.2) is 0 Å². The van der Waals surface area contributed by atoms with Crippen LogP contribution in [0.25, 0.3) is 0 Å². The van der Waals surface area contributed by atoms with E-state index >= 15 is 0 Å². The van der Waals surface area contributed by atoms with E-state index in [0.717, 1.165) is 43.1 Å². The van der Waals surface area contributed by atoms with Gasteiger partial charge in [-0.05, 0) is 56.2 Å². The number of hydrogen-bond donors (Lipinski definition) is 1. The quantitative estimate of drug-likeness (QED) is 0.864. The Labute approximate surface area is 122 Å². The Balaban J connectivity index is 1.55. The Morgan fingerprint density at radius 2 is 2.25 bits per heavy atom. The van der Waals surface area contributed by atoms with Crippen molar-refractivity contribution in [3.05, 3.63) is 23.2 Å². The molecule has 2 bridgehead atoms. The summed E-state index contributed by atoms with van der Waals surface area (Å²) >= 11 is 0. The summed E-state index contributed by atoms with van der Waals surface area (Å²) in [5.74, 6) is 3.91. The lowest BCUT2D eigenvalue weighted by atomic mass is 10.1. The molecule has 0 aromatic carbocycles. The molecule has 0 radical (unpaired) electrons. The molecule has 2 fully saturated rings. The normalized spacial score (nSPS) is 26.0. The van der Waals surface area contributed by atoms with Crippen molar-refractivity contribution in [1.29, 1.82) is 0 Å². The molecule has 1 aromatic heterocycles. The summed E-state index contributed by atoms with van der Waals surface area (Å²) in [5.41, 5.74) is 1.29. The van der Waals surface area contributed by atoms with Gasteiger partial charge >= 0.3 is 0 Å². The van der Waals surface area contributed by atoms with Gasteiger partial charge in [-0.2, -0.15) is 0 Å². The molecule has 1 aliphatic heterocycles. The van der Waals surface area contributed by atoms with Crippen LogP contribution in [0.15, 0.2) is 10.5 Å². The van der Waals surface area contributed by atoms with E-state index < -0.39 is 0 Å². The van der Waals surface area contributed by atoms with Crippen LogP contribution in [-0.4, -0.2) is 24.0 Å². The van der Waals surface area contributed by atoms with Crippen molar-refractivity contribution in [1.82, 2.24) is 10.2 Å². The fourth-order valence-corrected chi connectivity index (χ4v) is 3.74. The number of rotatable bonds is 6. The van der Waals surface area contributed by atoms with Gasteiger partial charge in [0.2, 0.25) is 0 Å². The molecule has 2 heterocycles. The Morgan fingerprint density at radius 3 is 2.90 bits per heavy atom. The number of likely N-dealkylation sites (tertiary alicyclic amines) is 1. The summed E-state index contributed by atoms with van der Waals surface area (Å²) in [7, 11) is 0. The minimum atomic E-state index is 0.685. The molecule has 1 N–H and O–H groups in total. The molecule has 1 saturated carbocycles. The van der Waals surface area contributed by atoms with Gasteiger partial charge in [0.25, 0.3) is 0 Å². The highest BCUT2D eigenvalue weighted by Gasteiger charge is 2.37. The van der Waals surface area contributed by atoms with Crippen molar-refractivity contribution >= 4 is 0 Å². The molecular formula is C17H28N2O. The molecule has 3 heteroatoms. The lowest BCUT2D eigenvalue weighted by Gasteiger charge is -2.25. The molecular weight excluding hydrogens is 248 g/mol. The maximum absolute atomic E-state index is 6.06. The van der Waals surface area contributed by atoms with E-state index in [1.807, 2.05) is 0 Å². The van der Waals surface area contributed by atoms with Gasteiger partial charge in [-0.3, -0.25) is 4.90 Å². The first-order valence-corrected chi connectivity index (χ1v) is 8.14. The van der Waals surface area contributed by atoms with Gasteiger partial charge < -0.3 is 9.73 Å². The van der Waals surface area contributed by atoms with Gasteiger partial charge in [0.05, 0.1) is 13.1 Å². The third-order valence-electron chi connectivity index (χ3n) is 4.79. The minimum absolute atomic E-state index is 0.685. The molecule has 0 amide bonds. The van der Waals surface area contributed by atoms with Crippen LogP contribution in [0.1, 0.15) is 50.2 Å². The molecule has 1 aliphatic carbocycles. The van der Waals surface area contributed by atoms with E-state index in [2.05, 4.69) is 37.1 Å². The number of fused-ring (bicyclic) bond motifs is 2. The lowest BCUT2D eigenvalue weighted by Crippen LogP contribution is -2.31. The van der Waals surface area contributed by atoms with Gasteiger partial charge in [0, 0.05) is 12.6 Å². The van der Waals surface area contributed by atoms with Crippen molar-refractivity contribution in [2.75, 3.05) is 13.1 Å². The van der Waals surface area contributed by atoms with Crippen molar-refractivity contribution in [3.63, 3.8) is 0 Å². The van der Waals surface area contributed by atoms with Gasteiger partial charge in [-0.15, -0.1) is 0 Å². The van der Waals surface area contributed by atoms with E-state index in [-0.39, 0.29) is 0 Å². The zero-order chi connectivity index (χ0) is 14.1. The molecule has 3 rings (SSSR count). The summed E-state index contributed by atoms with van der Waals surface area (Å²) in [4.78, 5) is 2.62. The van der Waals surface area contributed by atoms with Crippen molar-refractivity contribution < 1.29 is 4.42 Å². The summed E-state index contributed by atoms with van der Waals surface area (Å²) in [5, 5.41) is 3.47. The fourth-order valence-electron chi connectivity index (χ4n) is 3.74. The maximum atomic E-state index is 6.06. The highest BCUT2D eigenvalue weighted by Crippen LogP contribution is 2.38. The van der Waals surface area contributed by atoms with E-state index in [0.29, 0.717) is 5.92 Å². The predicted octanol–water partition coefficient (Wildman–Crippen LogP) is 3.32. The summed E-state index contributed by atoms with van der Waals surface area (Å²) < 4.78 is 6.06. The molecule has 20 heavy (non-hydrogen) atoms.